The normalized spacial score (nSPS) is 11.1. The fourth-order valence-corrected chi connectivity index (χ4v) is 11.4. The summed E-state index contributed by atoms with van der Waals surface area (Å²) in [5.74, 6) is 0. The molecule has 0 N–H and O–H groups in total. The van der Waals surface area contributed by atoms with Crippen molar-refractivity contribution in [2.75, 3.05) is 24.6 Å². The molecule has 4 rings (SSSR count). The van der Waals surface area contributed by atoms with Crippen molar-refractivity contribution in [2.45, 2.75) is 25.7 Å². The van der Waals surface area contributed by atoms with Gasteiger partial charge < -0.3 is 0 Å². The van der Waals surface area contributed by atoms with Gasteiger partial charge >= 0.3 is 291 Å². The minimum absolute atomic E-state index is 0. The van der Waals surface area contributed by atoms with E-state index < -0.39 is 8.40 Å². The van der Waals surface area contributed by atoms with Crippen LogP contribution in [-0.2, 0) is 53.4 Å². The minimum atomic E-state index is -1.02. The van der Waals surface area contributed by atoms with Gasteiger partial charge in [0.05, 0.1) is 0 Å². The molecule has 0 amide bonds. The molecule has 0 unspecified atom stereocenters. The molecule has 0 aliphatic heterocycles. The van der Waals surface area contributed by atoms with E-state index in [9.17, 15) is 0 Å². The second kappa shape index (κ2) is 19.8. The second-order valence-electron chi connectivity index (χ2n) is 9.47. The molecule has 0 bridgehead atoms. The zero-order valence-corrected chi connectivity index (χ0v) is 36.6. The Morgan fingerprint density at radius 3 is 0.744 bits per heavy atom. The first-order valence-electron chi connectivity index (χ1n) is 13.1. The summed E-state index contributed by atoms with van der Waals surface area (Å²) < 4.78 is -2.05. The molecular formula is C32H36HgP2Se4. The second-order valence-corrected chi connectivity index (χ2v) is 39.1. The van der Waals surface area contributed by atoms with E-state index in [0.29, 0.717) is 0 Å². The average Bonchev–Trinajstić information content (AvgIpc) is 2.96. The van der Waals surface area contributed by atoms with Crippen molar-refractivity contribution >= 4 is 69.7 Å². The van der Waals surface area contributed by atoms with Crippen LogP contribution >= 0.6 is 8.40 Å². The molecule has 200 valence electrons. The van der Waals surface area contributed by atoms with Crippen molar-refractivity contribution in [3.05, 3.63) is 144 Å². The first kappa shape index (κ1) is 35.9. The van der Waals surface area contributed by atoms with Gasteiger partial charge in [-0.15, -0.1) is 0 Å². The van der Waals surface area contributed by atoms with Crippen LogP contribution in [0, 0.1) is 0 Å². The summed E-state index contributed by atoms with van der Waals surface area (Å²) in [7, 11) is 0. The van der Waals surface area contributed by atoms with Crippen molar-refractivity contribution in [1.82, 2.24) is 0 Å². The van der Waals surface area contributed by atoms with Crippen LogP contribution < -0.4 is 0 Å². The Morgan fingerprint density at radius 1 is 0.385 bits per heavy atom. The molecular weight excluding hydrogens is 963 g/mol. The van der Waals surface area contributed by atoms with Crippen molar-refractivity contribution in [1.29, 1.82) is 0 Å². The van der Waals surface area contributed by atoms with Crippen LogP contribution in [0.5, 0.6) is 0 Å². The Kier molecular flexibility index (Phi) is 18.3. The molecule has 0 heterocycles. The predicted molar refractivity (Wildman–Crippen MR) is 177 cm³/mol. The summed E-state index contributed by atoms with van der Waals surface area (Å²) in [4.78, 5) is 0. The number of benzene rings is 4. The van der Waals surface area contributed by atoms with Crippen LogP contribution in [0.15, 0.2) is 121 Å². The van der Waals surface area contributed by atoms with Gasteiger partial charge in [0.25, 0.3) is 0 Å². The van der Waals surface area contributed by atoms with Crippen LogP contribution in [-0.4, -0.2) is 86.0 Å². The van der Waals surface area contributed by atoms with Gasteiger partial charge in [-0.05, 0) is 0 Å². The van der Waals surface area contributed by atoms with Gasteiger partial charge in [0.15, 0.2) is 0 Å². The molecule has 4 aromatic rings. The van der Waals surface area contributed by atoms with Crippen molar-refractivity contribution in [2.24, 2.45) is 0 Å². The Labute approximate surface area is 288 Å². The van der Waals surface area contributed by atoms with E-state index in [-0.39, 0.29) is 27.7 Å². The molecule has 39 heavy (non-hydrogen) atoms. The zero-order chi connectivity index (χ0) is 27.1. The fraction of sp³-hybridized carbons (Fsp3) is 0.250. The monoisotopic (exact) mass is 1000 g/mol. The van der Waals surface area contributed by atoms with Crippen molar-refractivity contribution < 1.29 is 27.7 Å². The van der Waals surface area contributed by atoms with Crippen molar-refractivity contribution in [3.63, 3.8) is 0 Å². The molecule has 0 aliphatic rings. The molecule has 0 aliphatic carbocycles. The van der Waals surface area contributed by atoms with Gasteiger partial charge in [0.1, 0.15) is 0 Å². The van der Waals surface area contributed by atoms with E-state index in [1.54, 1.807) is 0 Å². The molecule has 0 atom stereocenters. The third-order valence-electron chi connectivity index (χ3n) is 6.34. The van der Waals surface area contributed by atoms with E-state index in [4.69, 9.17) is 0 Å². The van der Waals surface area contributed by atoms with E-state index in [1.165, 1.54) is 72.6 Å². The van der Waals surface area contributed by atoms with Gasteiger partial charge in [-0.1, -0.05) is 0 Å². The topological polar surface area (TPSA) is 0 Å². The number of rotatable bonds is 12. The van der Waals surface area contributed by atoms with Crippen LogP contribution in [0.4, 0.5) is 0 Å². The van der Waals surface area contributed by atoms with Crippen LogP contribution in [0.3, 0.4) is 0 Å². The molecule has 0 saturated heterocycles. The van der Waals surface area contributed by atoms with Gasteiger partial charge in [-0.2, -0.15) is 0 Å². The van der Waals surface area contributed by atoms with Crippen LogP contribution in [0.25, 0.3) is 0 Å². The van der Waals surface area contributed by atoms with E-state index >= 15 is 0 Å². The third-order valence-corrected chi connectivity index (χ3v) is 19.1. The summed E-state index contributed by atoms with van der Waals surface area (Å²) in [5, 5.41) is 0. The summed E-state index contributed by atoms with van der Waals surface area (Å²) in [5.41, 5.74) is 5.77. The maximum atomic E-state index is 3.45. The Hall–Kier alpha value is 0.753. The zero-order valence-electron chi connectivity index (χ0n) is 22.4. The predicted octanol–water partition coefficient (Wildman–Crippen LogP) is 7.31. The molecule has 0 radical (unpaired) electrons. The standard InChI is InChI=1S/2C16H19PSe2.Hg/c2*18-17(19,13-11-15-7-3-1-4-8-15)14-12-16-9-5-2-6-10-16;/h2*1-10H,11-14H2,(H,18,19);/q;;+2/p-2. The first-order chi connectivity index (χ1) is 18.3. The van der Waals surface area contributed by atoms with E-state index in [0.717, 1.165) is 0 Å². The van der Waals surface area contributed by atoms with Gasteiger partial charge in [-0.25, -0.2) is 0 Å². The Morgan fingerprint density at radius 2 is 0.564 bits per heavy atom. The maximum absolute atomic E-state index is 3.45. The summed E-state index contributed by atoms with van der Waals surface area (Å²) in [6.45, 7) is 0. The quantitative estimate of drug-likeness (QED) is 0.103. The number of hydrogen-bond donors (Lipinski definition) is 0. The van der Waals surface area contributed by atoms with Crippen LogP contribution in [0.2, 0.25) is 0 Å². The molecule has 0 nitrogen and oxygen atoms in total. The van der Waals surface area contributed by atoms with Crippen molar-refractivity contribution in [3.8, 4) is 0 Å². The summed E-state index contributed by atoms with van der Waals surface area (Å²) >= 11 is 13.8. The molecule has 0 fully saturated rings. The van der Waals surface area contributed by atoms with E-state index in [2.05, 4.69) is 183 Å². The molecule has 7 heteroatoms. The number of hydrogen-bond acceptors (Lipinski definition) is 0. The molecule has 0 saturated carbocycles. The Balaban J connectivity index is 0.000000267. The van der Waals surface area contributed by atoms with E-state index in [1.807, 2.05) is 0 Å². The van der Waals surface area contributed by atoms with Crippen LogP contribution in [0.1, 0.15) is 22.3 Å². The third kappa shape index (κ3) is 16.3. The van der Waals surface area contributed by atoms with Gasteiger partial charge in [0, 0.05) is 0 Å². The fourth-order valence-electron chi connectivity index (χ4n) is 4.00. The molecule has 4 aromatic carbocycles. The molecule has 0 aromatic heterocycles. The number of aryl methyl sites for hydroxylation is 4. The van der Waals surface area contributed by atoms with Gasteiger partial charge in [0.2, 0.25) is 0 Å². The molecule has 0 spiro atoms. The SMILES string of the molecule is [Hg+2].[Se]=P([Se-])(CCc1ccccc1)CCc1ccccc1.[Se]=P([Se-])(CCc1ccccc1)CCc1ccccc1. The summed E-state index contributed by atoms with van der Waals surface area (Å²) in [6, 6.07) is 43.1. The first-order valence-corrected chi connectivity index (χ1v) is 26.2. The summed E-state index contributed by atoms with van der Waals surface area (Å²) in [6.07, 6.45) is 9.70. The average molecular weight is 999 g/mol. The Bertz CT molecular complexity index is 1090. The van der Waals surface area contributed by atoms with Gasteiger partial charge in [-0.3, -0.25) is 0 Å².